The lowest BCUT2D eigenvalue weighted by Crippen LogP contribution is -2.55. The van der Waals surface area contributed by atoms with Gasteiger partial charge in [-0.05, 0) is 44.4 Å². The SMILES string of the molecule is CCCn1ncc(CN2CC[C@@](O)(C3CCOCC3)[C@H](C)C2)c1C. The number of rotatable bonds is 5. The normalized spacial score (nSPS) is 29.9. The molecule has 0 aliphatic carbocycles. The highest BCUT2D eigenvalue weighted by Crippen LogP contribution is 2.39. The Morgan fingerprint density at radius 1 is 1.38 bits per heavy atom. The van der Waals surface area contributed by atoms with E-state index in [1.54, 1.807) is 0 Å². The van der Waals surface area contributed by atoms with Crippen LogP contribution in [0.4, 0.5) is 0 Å². The van der Waals surface area contributed by atoms with Crippen LogP contribution in [-0.4, -0.2) is 51.7 Å². The zero-order chi connectivity index (χ0) is 17.2. The van der Waals surface area contributed by atoms with Crippen LogP contribution in [0.3, 0.4) is 0 Å². The van der Waals surface area contributed by atoms with Crippen molar-refractivity contribution in [3.05, 3.63) is 17.5 Å². The van der Waals surface area contributed by atoms with Gasteiger partial charge in [-0.15, -0.1) is 0 Å². The lowest BCUT2D eigenvalue weighted by atomic mass is 9.70. The van der Waals surface area contributed by atoms with Gasteiger partial charge < -0.3 is 9.84 Å². The predicted molar refractivity (Wildman–Crippen MR) is 94.8 cm³/mol. The van der Waals surface area contributed by atoms with E-state index in [0.717, 1.165) is 65.1 Å². The van der Waals surface area contributed by atoms with Crippen molar-refractivity contribution >= 4 is 0 Å². The summed E-state index contributed by atoms with van der Waals surface area (Å²) in [7, 11) is 0. The smallest absolute Gasteiger partial charge is 0.0727 e. The van der Waals surface area contributed by atoms with Crippen molar-refractivity contribution in [3.63, 3.8) is 0 Å². The summed E-state index contributed by atoms with van der Waals surface area (Å²) >= 11 is 0. The third kappa shape index (κ3) is 3.53. The summed E-state index contributed by atoms with van der Waals surface area (Å²) in [5, 5.41) is 15.8. The van der Waals surface area contributed by atoms with Crippen LogP contribution in [0.5, 0.6) is 0 Å². The van der Waals surface area contributed by atoms with Crippen LogP contribution in [0.15, 0.2) is 6.20 Å². The Balaban J connectivity index is 1.61. The van der Waals surface area contributed by atoms with Crippen LogP contribution in [-0.2, 0) is 17.8 Å². The van der Waals surface area contributed by atoms with E-state index in [-0.39, 0.29) is 0 Å². The summed E-state index contributed by atoms with van der Waals surface area (Å²) in [6, 6.07) is 0. The van der Waals surface area contributed by atoms with Gasteiger partial charge in [0.1, 0.15) is 0 Å². The Morgan fingerprint density at radius 2 is 2.12 bits per heavy atom. The van der Waals surface area contributed by atoms with E-state index >= 15 is 0 Å². The van der Waals surface area contributed by atoms with Crippen molar-refractivity contribution in [1.29, 1.82) is 0 Å². The molecule has 2 atom stereocenters. The molecule has 2 aliphatic rings. The van der Waals surface area contributed by atoms with E-state index in [9.17, 15) is 5.11 Å². The molecular formula is C19H33N3O2. The van der Waals surface area contributed by atoms with Gasteiger partial charge in [-0.1, -0.05) is 13.8 Å². The number of hydrogen-bond donors (Lipinski definition) is 1. The number of hydrogen-bond acceptors (Lipinski definition) is 4. The van der Waals surface area contributed by atoms with Crippen molar-refractivity contribution in [1.82, 2.24) is 14.7 Å². The molecule has 0 radical (unpaired) electrons. The molecule has 3 rings (SSSR count). The molecule has 0 spiro atoms. The maximum absolute atomic E-state index is 11.3. The summed E-state index contributed by atoms with van der Waals surface area (Å²) in [4.78, 5) is 2.48. The Labute approximate surface area is 146 Å². The van der Waals surface area contributed by atoms with Crippen LogP contribution >= 0.6 is 0 Å². The average Bonchev–Trinajstić information content (AvgIpc) is 2.93. The molecule has 1 aromatic rings. The molecule has 2 aliphatic heterocycles. The van der Waals surface area contributed by atoms with E-state index in [4.69, 9.17) is 4.74 Å². The maximum atomic E-state index is 11.3. The number of nitrogens with zero attached hydrogens (tertiary/aromatic N) is 3. The first kappa shape index (κ1) is 17.9. The van der Waals surface area contributed by atoms with Crippen LogP contribution < -0.4 is 0 Å². The molecule has 5 nitrogen and oxygen atoms in total. The minimum absolute atomic E-state index is 0.306. The number of likely N-dealkylation sites (tertiary alicyclic amines) is 1. The molecule has 0 aromatic carbocycles. The third-order valence-corrected chi connectivity index (χ3v) is 6.18. The summed E-state index contributed by atoms with van der Waals surface area (Å²) in [5.74, 6) is 0.706. The fourth-order valence-electron chi connectivity index (χ4n) is 4.49. The summed E-state index contributed by atoms with van der Waals surface area (Å²) in [6.07, 6.45) is 6.02. The van der Waals surface area contributed by atoms with Crippen molar-refractivity contribution in [2.75, 3.05) is 26.3 Å². The van der Waals surface area contributed by atoms with E-state index in [0.29, 0.717) is 11.8 Å². The first-order chi connectivity index (χ1) is 11.5. The Hall–Kier alpha value is -0.910. The predicted octanol–water partition coefficient (Wildman–Crippen LogP) is 2.60. The lowest BCUT2D eigenvalue weighted by molar-refractivity contribution is -0.131. The number of aromatic nitrogens is 2. The fourth-order valence-corrected chi connectivity index (χ4v) is 4.49. The highest BCUT2D eigenvalue weighted by Gasteiger charge is 2.45. The van der Waals surface area contributed by atoms with Gasteiger partial charge in [0.15, 0.2) is 0 Å². The molecule has 2 fully saturated rings. The van der Waals surface area contributed by atoms with Crippen LogP contribution in [0.1, 0.15) is 50.8 Å². The molecule has 1 N–H and O–H groups in total. The number of aryl methyl sites for hydroxylation is 1. The van der Waals surface area contributed by atoms with Gasteiger partial charge in [0.25, 0.3) is 0 Å². The minimum Gasteiger partial charge on any atom is -0.389 e. The molecular weight excluding hydrogens is 302 g/mol. The maximum Gasteiger partial charge on any atom is 0.0727 e. The second-order valence-electron chi connectivity index (χ2n) is 7.74. The number of piperidine rings is 1. The Bertz CT molecular complexity index is 539. The zero-order valence-electron chi connectivity index (χ0n) is 15.5. The summed E-state index contributed by atoms with van der Waals surface area (Å²) < 4.78 is 7.59. The molecule has 5 heteroatoms. The van der Waals surface area contributed by atoms with Gasteiger partial charge in [-0.25, -0.2) is 0 Å². The highest BCUT2D eigenvalue weighted by atomic mass is 16.5. The molecule has 0 bridgehead atoms. The van der Waals surface area contributed by atoms with E-state index in [1.807, 2.05) is 6.20 Å². The van der Waals surface area contributed by atoms with Gasteiger partial charge in [-0.2, -0.15) is 5.10 Å². The molecule has 3 heterocycles. The summed E-state index contributed by atoms with van der Waals surface area (Å²) in [6.45, 7) is 12.1. The average molecular weight is 335 g/mol. The van der Waals surface area contributed by atoms with Crippen molar-refractivity contribution < 1.29 is 9.84 Å². The fraction of sp³-hybridized carbons (Fsp3) is 0.842. The molecule has 24 heavy (non-hydrogen) atoms. The van der Waals surface area contributed by atoms with E-state index in [1.165, 1.54) is 11.3 Å². The van der Waals surface area contributed by atoms with E-state index in [2.05, 4.69) is 35.5 Å². The zero-order valence-corrected chi connectivity index (χ0v) is 15.5. The Morgan fingerprint density at radius 3 is 2.79 bits per heavy atom. The van der Waals surface area contributed by atoms with Crippen molar-refractivity contribution in [3.8, 4) is 0 Å². The van der Waals surface area contributed by atoms with E-state index < -0.39 is 5.60 Å². The lowest BCUT2D eigenvalue weighted by Gasteiger charge is -2.48. The monoisotopic (exact) mass is 335 g/mol. The summed E-state index contributed by atoms with van der Waals surface area (Å²) in [5.41, 5.74) is 2.10. The van der Waals surface area contributed by atoms with Gasteiger partial charge in [0, 0.05) is 50.7 Å². The molecule has 136 valence electrons. The number of ether oxygens (including phenoxy) is 1. The van der Waals surface area contributed by atoms with Crippen molar-refractivity contribution in [2.45, 2.75) is 65.1 Å². The van der Waals surface area contributed by atoms with Gasteiger partial charge in [0.05, 0.1) is 11.8 Å². The van der Waals surface area contributed by atoms with Crippen LogP contribution in [0, 0.1) is 18.8 Å². The van der Waals surface area contributed by atoms with Crippen LogP contribution in [0.25, 0.3) is 0 Å². The second kappa shape index (κ2) is 7.54. The molecule has 0 unspecified atom stereocenters. The van der Waals surface area contributed by atoms with Crippen LogP contribution in [0.2, 0.25) is 0 Å². The second-order valence-corrected chi connectivity index (χ2v) is 7.74. The molecule has 2 saturated heterocycles. The number of aliphatic hydroxyl groups is 1. The van der Waals surface area contributed by atoms with Gasteiger partial charge in [0.2, 0.25) is 0 Å². The largest absolute Gasteiger partial charge is 0.389 e. The minimum atomic E-state index is -0.512. The topological polar surface area (TPSA) is 50.5 Å². The Kier molecular flexibility index (Phi) is 5.63. The molecule has 0 amide bonds. The van der Waals surface area contributed by atoms with Crippen molar-refractivity contribution in [2.24, 2.45) is 11.8 Å². The standard InChI is InChI=1S/C19H33N3O2/c1-4-8-22-16(3)17(12-20-22)14-21-9-7-19(23,15(2)13-21)18-5-10-24-11-6-18/h12,15,18,23H,4-11,13-14H2,1-3H3/t15-,19+/m1/s1. The highest BCUT2D eigenvalue weighted by molar-refractivity contribution is 5.16. The third-order valence-electron chi connectivity index (χ3n) is 6.18. The molecule has 1 aromatic heterocycles. The first-order valence-corrected chi connectivity index (χ1v) is 9.58. The van der Waals surface area contributed by atoms with Gasteiger partial charge >= 0.3 is 0 Å². The van der Waals surface area contributed by atoms with Gasteiger partial charge in [-0.3, -0.25) is 9.58 Å². The first-order valence-electron chi connectivity index (χ1n) is 9.58. The molecule has 0 saturated carbocycles. The quantitative estimate of drug-likeness (QED) is 0.899.